The van der Waals surface area contributed by atoms with Crippen LogP contribution in [0.5, 0.6) is 0 Å². The first kappa shape index (κ1) is 27.2. The Kier molecular flexibility index (Phi) is 9.25. The normalized spacial score (nSPS) is 24.1. The molecular weight excluding hydrogens is 505 g/mol. The van der Waals surface area contributed by atoms with Crippen LogP contribution in [-0.4, -0.2) is 63.7 Å². The van der Waals surface area contributed by atoms with Gasteiger partial charge in [-0.3, -0.25) is 0 Å². The second-order valence-electron chi connectivity index (χ2n) is 9.21. The largest absolute Gasteiger partial charge is 0.460 e. The molecule has 0 bridgehead atoms. The van der Waals surface area contributed by atoms with Gasteiger partial charge in [-0.25, -0.2) is 18.0 Å². The number of benzene rings is 1. The summed E-state index contributed by atoms with van der Waals surface area (Å²) < 4.78 is 43.2. The van der Waals surface area contributed by atoms with Gasteiger partial charge in [-0.2, -0.15) is 4.31 Å². The summed E-state index contributed by atoms with van der Waals surface area (Å²) in [4.78, 5) is 24.8. The fourth-order valence-electron chi connectivity index (χ4n) is 4.46. The molecule has 3 unspecified atom stereocenters. The summed E-state index contributed by atoms with van der Waals surface area (Å²) in [5, 5.41) is -0.191. The zero-order valence-corrected chi connectivity index (χ0v) is 21.9. The van der Waals surface area contributed by atoms with Gasteiger partial charge in [0.15, 0.2) is 6.61 Å². The molecule has 0 radical (unpaired) electrons. The highest BCUT2D eigenvalue weighted by molar-refractivity contribution is 7.89. The molecule has 1 aromatic carbocycles. The van der Waals surface area contributed by atoms with E-state index in [-0.39, 0.29) is 58.8 Å². The number of esters is 2. The van der Waals surface area contributed by atoms with Gasteiger partial charge in [-0.1, -0.05) is 50.4 Å². The van der Waals surface area contributed by atoms with Crippen LogP contribution in [0.1, 0.15) is 50.4 Å². The van der Waals surface area contributed by atoms with E-state index in [9.17, 15) is 18.0 Å². The topological polar surface area (TPSA) is 99.2 Å². The summed E-state index contributed by atoms with van der Waals surface area (Å²) in [6.07, 6.45) is 2.63. The molecule has 1 aliphatic carbocycles. The molecule has 0 N–H and O–H groups in total. The Bertz CT molecular complexity index is 1010. The van der Waals surface area contributed by atoms with Gasteiger partial charge >= 0.3 is 11.9 Å². The van der Waals surface area contributed by atoms with Crippen LogP contribution in [0.2, 0.25) is 10.0 Å². The van der Waals surface area contributed by atoms with E-state index in [1.165, 1.54) is 10.4 Å². The van der Waals surface area contributed by atoms with Gasteiger partial charge in [0.1, 0.15) is 11.0 Å². The lowest BCUT2D eigenvalue weighted by molar-refractivity contribution is -0.159. The van der Waals surface area contributed by atoms with Crippen molar-refractivity contribution >= 4 is 45.2 Å². The molecule has 0 spiro atoms. The summed E-state index contributed by atoms with van der Waals surface area (Å²) in [5.74, 6) is -0.504. The van der Waals surface area contributed by atoms with Gasteiger partial charge in [0, 0.05) is 13.1 Å². The second kappa shape index (κ2) is 11.6. The quantitative estimate of drug-likeness (QED) is 0.483. The van der Waals surface area contributed by atoms with Crippen molar-refractivity contribution in [1.82, 2.24) is 4.31 Å². The number of morpholine rings is 1. The standard InChI is InChI=1S/C23H31Cl2NO7S/c1-14(2)16-5-4-15(3)10-20(16)33-22(27)13-32-23(28)17-11-21(19(25)12-18(17)24)34(29,30)26-6-8-31-9-7-26/h11-12,14-16,20H,4-10,13H2,1-3H3. The smallest absolute Gasteiger partial charge is 0.344 e. The van der Waals surface area contributed by atoms with Crippen molar-refractivity contribution < 1.29 is 32.2 Å². The Morgan fingerprint density at radius 2 is 1.82 bits per heavy atom. The maximum atomic E-state index is 13.0. The van der Waals surface area contributed by atoms with Gasteiger partial charge in [0.05, 0.1) is 28.8 Å². The molecular formula is C23H31Cl2NO7S. The number of nitrogens with zero attached hydrogens (tertiary/aromatic N) is 1. The Morgan fingerprint density at radius 1 is 1.15 bits per heavy atom. The average Bonchev–Trinajstić information content (AvgIpc) is 2.77. The van der Waals surface area contributed by atoms with Crippen molar-refractivity contribution in [1.29, 1.82) is 0 Å². The predicted molar refractivity (Wildman–Crippen MR) is 128 cm³/mol. The molecule has 2 fully saturated rings. The van der Waals surface area contributed by atoms with E-state index in [0.29, 0.717) is 11.8 Å². The highest BCUT2D eigenvalue weighted by Gasteiger charge is 2.34. The molecule has 0 amide bonds. The molecule has 1 saturated heterocycles. The third kappa shape index (κ3) is 6.43. The summed E-state index contributed by atoms with van der Waals surface area (Å²) >= 11 is 12.3. The zero-order valence-electron chi connectivity index (χ0n) is 19.6. The van der Waals surface area contributed by atoms with Crippen molar-refractivity contribution in [2.24, 2.45) is 17.8 Å². The molecule has 34 heavy (non-hydrogen) atoms. The van der Waals surface area contributed by atoms with Crippen molar-refractivity contribution in [2.45, 2.75) is 51.0 Å². The van der Waals surface area contributed by atoms with Crippen LogP contribution in [0.25, 0.3) is 0 Å². The second-order valence-corrected chi connectivity index (χ2v) is 11.9. The lowest BCUT2D eigenvalue weighted by Crippen LogP contribution is -2.40. The van der Waals surface area contributed by atoms with E-state index in [1.54, 1.807) is 0 Å². The molecule has 0 aromatic heterocycles. The van der Waals surface area contributed by atoms with Gasteiger partial charge in [0.25, 0.3) is 0 Å². The number of halogens is 2. The molecule has 3 rings (SSSR count). The summed E-state index contributed by atoms with van der Waals surface area (Å²) in [5.41, 5.74) is -0.197. The van der Waals surface area contributed by atoms with Crippen LogP contribution in [0, 0.1) is 17.8 Å². The third-order valence-electron chi connectivity index (χ3n) is 6.39. The molecule has 1 aliphatic heterocycles. The van der Waals surface area contributed by atoms with Crippen LogP contribution in [0.4, 0.5) is 0 Å². The predicted octanol–water partition coefficient (Wildman–Crippen LogP) is 4.18. The van der Waals surface area contributed by atoms with Crippen LogP contribution in [-0.2, 0) is 29.0 Å². The van der Waals surface area contributed by atoms with Gasteiger partial charge in [0.2, 0.25) is 10.0 Å². The highest BCUT2D eigenvalue weighted by atomic mass is 35.5. The molecule has 2 aliphatic rings. The van der Waals surface area contributed by atoms with Crippen molar-refractivity contribution in [3.63, 3.8) is 0 Å². The summed E-state index contributed by atoms with van der Waals surface area (Å²) in [6.45, 7) is 6.60. The van der Waals surface area contributed by atoms with E-state index in [4.69, 9.17) is 37.4 Å². The molecule has 1 saturated carbocycles. The van der Waals surface area contributed by atoms with Gasteiger partial charge in [-0.15, -0.1) is 0 Å². The number of hydrogen-bond donors (Lipinski definition) is 0. The maximum absolute atomic E-state index is 13.0. The number of carbonyl (C=O) groups is 2. The number of rotatable bonds is 7. The number of ether oxygens (including phenoxy) is 3. The SMILES string of the molecule is CC1CCC(C(C)C)C(OC(=O)COC(=O)c2cc(S(=O)(=O)N3CCOCC3)c(Cl)cc2Cl)C1. The molecule has 11 heteroatoms. The number of sulfonamides is 1. The fourth-order valence-corrected chi connectivity index (χ4v) is 6.70. The first-order valence-corrected chi connectivity index (χ1v) is 13.6. The van der Waals surface area contributed by atoms with E-state index < -0.39 is 28.6 Å². The lowest BCUT2D eigenvalue weighted by atomic mass is 9.75. The average molecular weight is 536 g/mol. The lowest BCUT2D eigenvalue weighted by Gasteiger charge is -2.36. The minimum atomic E-state index is -3.97. The fraction of sp³-hybridized carbons (Fsp3) is 0.652. The van der Waals surface area contributed by atoms with Crippen molar-refractivity contribution in [3.05, 3.63) is 27.7 Å². The van der Waals surface area contributed by atoms with Gasteiger partial charge in [-0.05, 0) is 42.7 Å². The molecule has 8 nitrogen and oxygen atoms in total. The zero-order chi connectivity index (χ0) is 25.0. The van der Waals surface area contributed by atoms with E-state index >= 15 is 0 Å². The number of hydrogen-bond acceptors (Lipinski definition) is 7. The monoisotopic (exact) mass is 535 g/mol. The van der Waals surface area contributed by atoms with Crippen LogP contribution >= 0.6 is 23.2 Å². The van der Waals surface area contributed by atoms with Crippen LogP contribution < -0.4 is 0 Å². The molecule has 1 aromatic rings. The van der Waals surface area contributed by atoms with Crippen LogP contribution in [0.15, 0.2) is 17.0 Å². The minimum Gasteiger partial charge on any atom is -0.460 e. The molecule has 3 atom stereocenters. The molecule has 190 valence electrons. The highest BCUT2D eigenvalue weighted by Crippen LogP contribution is 2.35. The summed E-state index contributed by atoms with van der Waals surface area (Å²) in [7, 11) is -3.97. The van der Waals surface area contributed by atoms with Crippen molar-refractivity contribution in [3.8, 4) is 0 Å². The van der Waals surface area contributed by atoms with E-state index in [0.717, 1.165) is 25.3 Å². The van der Waals surface area contributed by atoms with Crippen molar-refractivity contribution in [2.75, 3.05) is 32.9 Å². The minimum absolute atomic E-state index is 0.0785. The maximum Gasteiger partial charge on any atom is 0.344 e. The third-order valence-corrected chi connectivity index (χ3v) is 9.07. The first-order valence-electron chi connectivity index (χ1n) is 11.4. The molecule has 1 heterocycles. The van der Waals surface area contributed by atoms with E-state index in [2.05, 4.69) is 20.8 Å². The van der Waals surface area contributed by atoms with Gasteiger partial charge < -0.3 is 14.2 Å². The van der Waals surface area contributed by atoms with E-state index in [1.807, 2.05) is 0 Å². The Labute approximate surface area is 210 Å². The Morgan fingerprint density at radius 3 is 2.47 bits per heavy atom. The number of carbonyl (C=O) groups excluding carboxylic acids is 2. The first-order chi connectivity index (χ1) is 16.0. The summed E-state index contributed by atoms with van der Waals surface area (Å²) in [6, 6.07) is 2.27. The van der Waals surface area contributed by atoms with Crippen LogP contribution in [0.3, 0.4) is 0 Å². The Hall–Kier alpha value is -1.39. The Balaban J connectivity index is 1.68.